The van der Waals surface area contributed by atoms with Gasteiger partial charge in [-0.1, -0.05) is 26.8 Å². The molecule has 2 heteroatoms. The van der Waals surface area contributed by atoms with Crippen molar-refractivity contribution in [2.45, 2.75) is 34.6 Å². The largest absolute Gasteiger partial charge is 0.496 e. The van der Waals surface area contributed by atoms with Gasteiger partial charge in [0.15, 0.2) is 0 Å². The Kier molecular flexibility index (Phi) is 3.84. The van der Waals surface area contributed by atoms with Crippen molar-refractivity contribution in [3.63, 3.8) is 0 Å². The second-order valence-electron chi connectivity index (χ2n) is 5.50. The van der Waals surface area contributed by atoms with Gasteiger partial charge in [0.1, 0.15) is 5.75 Å². The summed E-state index contributed by atoms with van der Waals surface area (Å²) in [6.07, 6.45) is 0. The highest BCUT2D eigenvalue weighted by Gasteiger charge is 2.12. The lowest BCUT2D eigenvalue weighted by atomic mass is 9.96. The molecule has 0 radical (unpaired) electrons. The Morgan fingerprint density at radius 1 is 1.19 bits per heavy atom. The number of aryl methyl sites for hydroxylation is 1. The third-order valence-corrected chi connectivity index (χ3v) is 2.62. The summed E-state index contributed by atoms with van der Waals surface area (Å²) >= 11 is 0. The second kappa shape index (κ2) is 4.77. The van der Waals surface area contributed by atoms with Gasteiger partial charge in [-0.2, -0.15) is 0 Å². The smallest absolute Gasteiger partial charge is 0.126 e. The minimum atomic E-state index is 0.282. The van der Waals surface area contributed by atoms with Crippen LogP contribution >= 0.6 is 0 Å². The number of hydrogen-bond donors (Lipinski definition) is 1. The van der Waals surface area contributed by atoms with Crippen molar-refractivity contribution < 1.29 is 4.74 Å². The van der Waals surface area contributed by atoms with Crippen LogP contribution in [-0.4, -0.2) is 13.7 Å². The molecule has 0 aromatic heterocycles. The van der Waals surface area contributed by atoms with Crippen LogP contribution in [0.3, 0.4) is 0 Å². The molecule has 0 atom stereocenters. The molecule has 0 unspecified atom stereocenters. The Balaban J connectivity index is 2.90. The Bertz CT molecular complexity index is 364. The van der Waals surface area contributed by atoms with Crippen molar-refractivity contribution in [2.75, 3.05) is 19.0 Å². The Hall–Kier alpha value is -1.18. The third kappa shape index (κ3) is 3.16. The van der Waals surface area contributed by atoms with Crippen LogP contribution in [0.4, 0.5) is 5.69 Å². The summed E-state index contributed by atoms with van der Waals surface area (Å²) in [6.45, 7) is 11.8. The second-order valence-corrected chi connectivity index (χ2v) is 5.50. The fraction of sp³-hybridized carbons (Fsp3) is 0.571. The summed E-state index contributed by atoms with van der Waals surface area (Å²) < 4.78 is 5.41. The van der Waals surface area contributed by atoms with E-state index < -0.39 is 0 Å². The van der Waals surface area contributed by atoms with Gasteiger partial charge in [0.25, 0.3) is 0 Å². The maximum Gasteiger partial charge on any atom is 0.126 e. The molecule has 90 valence electrons. The summed E-state index contributed by atoms with van der Waals surface area (Å²) in [7, 11) is 1.73. The lowest BCUT2D eigenvalue weighted by Crippen LogP contribution is -2.19. The van der Waals surface area contributed by atoms with Crippen molar-refractivity contribution in [3.8, 4) is 5.75 Å². The van der Waals surface area contributed by atoms with Crippen LogP contribution in [0.1, 0.15) is 31.9 Å². The first-order chi connectivity index (χ1) is 7.35. The monoisotopic (exact) mass is 221 g/mol. The number of anilines is 1. The van der Waals surface area contributed by atoms with Gasteiger partial charge in [0.05, 0.1) is 7.11 Å². The number of rotatable bonds is 3. The van der Waals surface area contributed by atoms with Gasteiger partial charge >= 0.3 is 0 Å². The highest BCUT2D eigenvalue weighted by atomic mass is 16.5. The zero-order chi connectivity index (χ0) is 12.3. The number of nitrogens with one attached hydrogen (secondary N) is 1. The molecule has 0 fully saturated rings. The van der Waals surface area contributed by atoms with Crippen molar-refractivity contribution in [3.05, 3.63) is 23.3 Å². The van der Waals surface area contributed by atoms with E-state index in [-0.39, 0.29) is 5.41 Å². The van der Waals surface area contributed by atoms with Crippen LogP contribution in [0.15, 0.2) is 12.1 Å². The zero-order valence-electron chi connectivity index (χ0n) is 11.3. The molecule has 16 heavy (non-hydrogen) atoms. The predicted octanol–water partition coefficient (Wildman–Crippen LogP) is 3.77. The van der Waals surface area contributed by atoms with E-state index >= 15 is 0 Å². The van der Waals surface area contributed by atoms with Gasteiger partial charge in [0.2, 0.25) is 0 Å². The van der Waals surface area contributed by atoms with Gasteiger partial charge in [-0.25, -0.2) is 0 Å². The highest BCUT2D eigenvalue weighted by Crippen LogP contribution is 2.29. The van der Waals surface area contributed by atoms with E-state index in [2.05, 4.69) is 52.1 Å². The number of ether oxygens (including phenoxy) is 1. The first kappa shape index (κ1) is 12.9. The molecule has 0 aliphatic carbocycles. The predicted molar refractivity (Wildman–Crippen MR) is 70.4 cm³/mol. The van der Waals surface area contributed by atoms with E-state index in [0.717, 1.165) is 18.0 Å². The Morgan fingerprint density at radius 2 is 1.81 bits per heavy atom. The van der Waals surface area contributed by atoms with E-state index in [1.54, 1.807) is 7.11 Å². The van der Waals surface area contributed by atoms with E-state index in [1.165, 1.54) is 11.1 Å². The Morgan fingerprint density at radius 3 is 2.31 bits per heavy atom. The molecule has 0 aliphatic rings. The van der Waals surface area contributed by atoms with E-state index in [1.807, 2.05) is 0 Å². The van der Waals surface area contributed by atoms with E-state index in [9.17, 15) is 0 Å². The van der Waals surface area contributed by atoms with Crippen molar-refractivity contribution >= 4 is 5.69 Å². The normalized spacial score (nSPS) is 11.4. The SMILES string of the molecule is COc1c(C)ccc(NCC(C)(C)C)c1C. The standard InChI is InChI=1S/C14H23NO/c1-10-7-8-12(11(2)13(10)16-6)15-9-14(3,4)5/h7-8,15H,9H2,1-6H3. The molecular formula is C14H23NO. The van der Waals surface area contributed by atoms with E-state index in [4.69, 9.17) is 4.74 Å². The van der Waals surface area contributed by atoms with Crippen molar-refractivity contribution in [1.82, 2.24) is 0 Å². The minimum absolute atomic E-state index is 0.282. The van der Waals surface area contributed by atoms with Crippen LogP contribution < -0.4 is 10.1 Å². The zero-order valence-corrected chi connectivity index (χ0v) is 11.3. The molecular weight excluding hydrogens is 198 g/mol. The Labute approximate surface area is 99.0 Å². The van der Waals surface area contributed by atoms with Gasteiger partial charge < -0.3 is 10.1 Å². The molecule has 1 aromatic rings. The first-order valence-corrected chi connectivity index (χ1v) is 5.73. The fourth-order valence-corrected chi connectivity index (χ4v) is 1.69. The highest BCUT2D eigenvalue weighted by molar-refractivity contribution is 5.59. The summed E-state index contributed by atoms with van der Waals surface area (Å²) in [5.74, 6) is 0.985. The molecule has 1 aromatic carbocycles. The molecule has 2 nitrogen and oxygen atoms in total. The molecule has 0 amide bonds. The maximum absolute atomic E-state index is 5.41. The summed E-state index contributed by atoms with van der Waals surface area (Å²) in [5.41, 5.74) is 3.82. The minimum Gasteiger partial charge on any atom is -0.496 e. The molecule has 1 rings (SSSR count). The average molecular weight is 221 g/mol. The lowest BCUT2D eigenvalue weighted by Gasteiger charge is -2.21. The number of methoxy groups -OCH3 is 1. The molecule has 0 saturated heterocycles. The van der Waals surface area contributed by atoms with Gasteiger partial charge in [0, 0.05) is 17.8 Å². The number of hydrogen-bond acceptors (Lipinski definition) is 2. The molecule has 0 aliphatic heterocycles. The van der Waals surface area contributed by atoms with Crippen LogP contribution in [-0.2, 0) is 0 Å². The fourth-order valence-electron chi connectivity index (χ4n) is 1.69. The first-order valence-electron chi connectivity index (χ1n) is 5.73. The van der Waals surface area contributed by atoms with Gasteiger partial charge in [-0.3, -0.25) is 0 Å². The summed E-state index contributed by atoms with van der Waals surface area (Å²) in [5, 5.41) is 3.47. The average Bonchev–Trinajstić information content (AvgIpc) is 2.16. The molecule has 0 bridgehead atoms. The maximum atomic E-state index is 5.41. The number of benzene rings is 1. The van der Waals surface area contributed by atoms with Crippen LogP contribution in [0, 0.1) is 19.3 Å². The van der Waals surface area contributed by atoms with E-state index in [0.29, 0.717) is 0 Å². The summed E-state index contributed by atoms with van der Waals surface area (Å²) in [6, 6.07) is 4.22. The van der Waals surface area contributed by atoms with Crippen LogP contribution in [0.2, 0.25) is 0 Å². The molecule has 0 heterocycles. The van der Waals surface area contributed by atoms with Crippen LogP contribution in [0.5, 0.6) is 5.75 Å². The van der Waals surface area contributed by atoms with Crippen molar-refractivity contribution in [1.29, 1.82) is 0 Å². The van der Waals surface area contributed by atoms with Gasteiger partial charge in [-0.15, -0.1) is 0 Å². The summed E-state index contributed by atoms with van der Waals surface area (Å²) in [4.78, 5) is 0. The lowest BCUT2D eigenvalue weighted by molar-refractivity contribution is 0.408. The van der Waals surface area contributed by atoms with Gasteiger partial charge in [-0.05, 0) is 30.9 Å². The molecule has 1 N–H and O–H groups in total. The van der Waals surface area contributed by atoms with Crippen LogP contribution in [0.25, 0.3) is 0 Å². The van der Waals surface area contributed by atoms with Crippen molar-refractivity contribution in [2.24, 2.45) is 5.41 Å². The molecule has 0 saturated carbocycles. The molecule has 0 spiro atoms. The topological polar surface area (TPSA) is 21.3 Å². The third-order valence-electron chi connectivity index (χ3n) is 2.62. The quantitative estimate of drug-likeness (QED) is 0.839.